The minimum atomic E-state index is -0.152. The molecule has 5 heteroatoms. The van der Waals surface area contributed by atoms with Gasteiger partial charge in [-0.2, -0.15) is 0 Å². The van der Waals surface area contributed by atoms with Crippen LogP contribution in [0, 0.1) is 6.92 Å². The molecule has 5 nitrogen and oxygen atoms in total. The van der Waals surface area contributed by atoms with E-state index in [0.29, 0.717) is 6.61 Å². The van der Waals surface area contributed by atoms with Crippen molar-refractivity contribution < 1.29 is 9.53 Å². The van der Waals surface area contributed by atoms with Crippen LogP contribution in [-0.2, 0) is 12.8 Å². The molecule has 0 aliphatic carbocycles. The Kier molecular flexibility index (Phi) is 6.18. The molecule has 24 heavy (non-hydrogen) atoms. The molecule has 2 aromatic rings. The second-order valence-electron chi connectivity index (χ2n) is 5.87. The van der Waals surface area contributed by atoms with E-state index >= 15 is 0 Å². The number of anilines is 1. The smallest absolute Gasteiger partial charge is 0.321 e. The molecule has 128 valence electrons. The molecule has 0 aliphatic rings. The van der Waals surface area contributed by atoms with Gasteiger partial charge in [0.2, 0.25) is 0 Å². The maximum Gasteiger partial charge on any atom is 0.321 e. The standard InChI is InChI=1S/C19H25N3O2/c1-5-18-14(2)6-7-16(20-18)12-13-24-17-10-8-15(9-11-17)21-19(23)22(3)4/h6-11H,5,12-13H2,1-4H3,(H,21,23). The first-order valence-corrected chi connectivity index (χ1v) is 8.16. The van der Waals surface area contributed by atoms with E-state index in [4.69, 9.17) is 4.74 Å². The summed E-state index contributed by atoms with van der Waals surface area (Å²) < 4.78 is 5.76. The average molecular weight is 327 g/mol. The van der Waals surface area contributed by atoms with Gasteiger partial charge in [-0.1, -0.05) is 13.0 Å². The van der Waals surface area contributed by atoms with Crippen LogP contribution < -0.4 is 10.1 Å². The maximum absolute atomic E-state index is 11.6. The van der Waals surface area contributed by atoms with Crippen molar-refractivity contribution >= 4 is 11.7 Å². The minimum Gasteiger partial charge on any atom is -0.493 e. The highest BCUT2D eigenvalue weighted by molar-refractivity contribution is 5.88. The molecule has 1 aromatic heterocycles. The Labute approximate surface area is 143 Å². The summed E-state index contributed by atoms with van der Waals surface area (Å²) in [7, 11) is 3.41. The predicted octanol–water partition coefficient (Wildman–Crippen LogP) is 3.67. The molecule has 0 bridgehead atoms. The summed E-state index contributed by atoms with van der Waals surface area (Å²) in [5.41, 5.74) is 4.17. The minimum absolute atomic E-state index is 0.152. The quantitative estimate of drug-likeness (QED) is 0.881. The van der Waals surface area contributed by atoms with Gasteiger partial charge in [-0.15, -0.1) is 0 Å². The summed E-state index contributed by atoms with van der Waals surface area (Å²) in [6, 6.07) is 11.4. The van der Waals surface area contributed by atoms with Crippen LogP contribution in [0.2, 0.25) is 0 Å². The van der Waals surface area contributed by atoms with Crippen LogP contribution >= 0.6 is 0 Å². The van der Waals surface area contributed by atoms with Crippen molar-refractivity contribution in [2.75, 3.05) is 26.0 Å². The van der Waals surface area contributed by atoms with Gasteiger partial charge in [-0.05, 0) is 49.2 Å². The predicted molar refractivity (Wildman–Crippen MR) is 96.7 cm³/mol. The van der Waals surface area contributed by atoms with Gasteiger partial charge in [0.1, 0.15) is 5.75 Å². The monoisotopic (exact) mass is 327 g/mol. The SMILES string of the molecule is CCc1nc(CCOc2ccc(NC(=O)N(C)C)cc2)ccc1C. The second-order valence-corrected chi connectivity index (χ2v) is 5.87. The van der Waals surface area contributed by atoms with Crippen molar-refractivity contribution in [3.8, 4) is 5.75 Å². The highest BCUT2D eigenvalue weighted by atomic mass is 16.5. The van der Waals surface area contributed by atoms with Gasteiger partial charge in [0, 0.05) is 37.6 Å². The van der Waals surface area contributed by atoms with E-state index in [-0.39, 0.29) is 6.03 Å². The Hall–Kier alpha value is -2.56. The van der Waals surface area contributed by atoms with Crippen LogP contribution in [0.5, 0.6) is 5.75 Å². The number of nitrogens with zero attached hydrogens (tertiary/aromatic N) is 2. The van der Waals surface area contributed by atoms with Crippen LogP contribution in [0.4, 0.5) is 10.5 Å². The zero-order valence-corrected chi connectivity index (χ0v) is 14.8. The summed E-state index contributed by atoms with van der Waals surface area (Å²) in [6.07, 6.45) is 1.72. The fourth-order valence-corrected chi connectivity index (χ4v) is 2.26. The van der Waals surface area contributed by atoms with E-state index in [2.05, 4.69) is 36.3 Å². The number of benzene rings is 1. The normalized spacial score (nSPS) is 10.3. The molecule has 0 aliphatic heterocycles. The van der Waals surface area contributed by atoms with Gasteiger partial charge in [0.25, 0.3) is 0 Å². The number of aryl methyl sites for hydroxylation is 2. The largest absolute Gasteiger partial charge is 0.493 e. The molecule has 0 radical (unpaired) electrons. The molecule has 0 saturated heterocycles. The average Bonchev–Trinajstić information content (AvgIpc) is 2.57. The Morgan fingerprint density at radius 1 is 1.17 bits per heavy atom. The third kappa shape index (κ3) is 4.98. The van der Waals surface area contributed by atoms with E-state index in [0.717, 1.165) is 35.7 Å². The van der Waals surface area contributed by atoms with E-state index in [1.54, 1.807) is 14.1 Å². The molecule has 0 fully saturated rings. The van der Waals surface area contributed by atoms with Crippen molar-refractivity contribution in [2.45, 2.75) is 26.7 Å². The summed E-state index contributed by atoms with van der Waals surface area (Å²) in [4.78, 5) is 17.7. The molecule has 0 spiro atoms. The van der Waals surface area contributed by atoms with Crippen LogP contribution in [0.3, 0.4) is 0 Å². The van der Waals surface area contributed by atoms with Crippen molar-refractivity contribution in [3.05, 3.63) is 53.3 Å². The van der Waals surface area contributed by atoms with E-state index in [1.807, 2.05) is 24.3 Å². The number of aromatic nitrogens is 1. The fraction of sp³-hybridized carbons (Fsp3) is 0.368. The van der Waals surface area contributed by atoms with Gasteiger partial charge in [-0.3, -0.25) is 4.98 Å². The zero-order valence-electron chi connectivity index (χ0n) is 14.8. The summed E-state index contributed by atoms with van der Waals surface area (Å²) in [6.45, 7) is 4.78. The number of ether oxygens (including phenoxy) is 1. The molecule has 2 rings (SSSR count). The number of rotatable bonds is 6. The zero-order chi connectivity index (χ0) is 17.5. The first-order chi connectivity index (χ1) is 11.5. The van der Waals surface area contributed by atoms with Crippen molar-refractivity contribution in [1.29, 1.82) is 0 Å². The lowest BCUT2D eigenvalue weighted by atomic mass is 10.1. The number of carbonyl (C=O) groups is 1. The van der Waals surface area contributed by atoms with E-state index in [9.17, 15) is 4.79 Å². The molecular weight excluding hydrogens is 302 g/mol. The summed E-state index contributed by atoms with van der Waals surface area (Å²) >= 11 is 0. The van der Waals surface area contributed by atoms with Crippen LogP contribution in [-0.4, -0.2) is 36.6 Å². The first kappa shape index (κ1) is 17.8. The summed E-state index contributed by atoms with van der Waals surface area (Å²) in [5, 5.41) is 2.79. The van der Waals surface area contributed by atoms with Gasteiger partial charge in [0.05, 0.1) is 6.61 Å². The molecular formula is C19H25N3O2. The lowest BCUT2D eigenvalue weighted by Gasteiger charge is -2.12. The number of pyridine rings is 1. The van der Waals surface area contributed by atoms with Gasteiger partial charge in [0.15, 0.2) is 0 Å². The molecule has 2 amide bonds. The molecule has 1 aromatic carbocycles. The lowest BCUT2D eigenvalue weighted by molar-refractivity contribution is 0.230. The van der Waals surface area contributed by atoms with Crippen LogP contribution in [0.15, 0.2) is 36.4 Å². The second kappa shape index (κ2) is 8.34. The molecule has 0 saturated carbocycles. The number of nitrogens with one attached hydrogen (secondary N) is 1. The van der Waals surface area contributed by atoms with Crippen LogP contribution in [0.25, 0.3) is 0 Å². The van der Waals surface area contributed by atoms with E-state index < -0.39 is 0 Å². The van der Waals surface area contributed by atoms with Crippen molar-refractivity contribution in [3.63, 3.8) is 0 Å². The number of hydrogen-bond acceptors (Lipinski definition) is 3. The topological polar surface area (TPSA) is 54.5 Å². The fourth-order valence-electron chi connectivity index (χ4n) is 2.26. The highest BCUT2D eigenvalue weighted by Gasteiger charge is 2.04. The number of amides is 2. The Morgan fingerprint density at radius 2 is 1.88 bits per heavy atom. The Morgan fingerprint density at radius 3 is 2.50 bits per heavy atom. The first-order valence-electron chi connectivity index (χ1n) is 8.16. The third-order valence-corrected chi connectivity index (χ3v) is 3.73. The number of urea groups is 1. The highest BCUT2D eigenvalue weighted by Crippen LogP contribution is 2.16. The summed E-state index contributed by atoms with van der Waals surface area (Å²) in [5.74, 6) is 0.778. The Balaban J connectivity index is 1.85. The van der Waals surface area contributed by atoms with E-state index in [1.165, 1.54) is 10.5 Å². The number of carbonyl (C=O) groups excluding carboxylic acids is 1. The lowest BCUT2D eigenvalue weighted by Crippen LogP contribution is -2.27. The van der Waals surface area contributed by atoms with Crippen molar-refractivity contribution in [2.24, 2.45) is 0 Å². The maximum atomic E-state index is 11.6. The van der Waals surface area contributed by atoms with Gasteiger partial charge >= 0.3 is 6.03 Å². The Bertz CT molecular complexity index is 682. The van der Waals surface area contributed by atoms with Gasteiger partial charge < -0.3 is 15.0 Å². The van der Waals surface area contributed by atoms with Crippen molar-refractivity contribution in [1.82, 2.24) is 9.88 Å². The molecule has 1 N–H and O–H groups in total. The molecule has 0 unspecified atom stereocenters. The third-order valence-electron chi connectivity index (χ3n) is 3.73. The molecule has 0 atom stereocenters. The van der Waals surface area contributed by atoms with Gasteiger partial charge in [-0.25, -0.2) is 4.79 Å². The number of hydrogen-bond donors (Lipinski definition) is 1. The molecule has 1 heterocycles. The van der Waals surface area contributed by atoms with Crippen LogP contribution in [0.1, 0.15) is 23.9 Å².